The lowest BCUT2D eigenvalue weighted by Crippen LogP contribution is -2.40. The van der Waals surface area contributed by atoms with Crippen LogP contribution in [-0.4, -0.2) is 46.4 Å². The van der Waals surface area contributed by atoms with Gasteiger partial charge in [-0.25, -0.2) is 26.0 Å². The smallest absolute Gasteiger partial charge is 0.254 e. The topological polar surface area (TPSA) is 75.7 Å². The normalized spacial score (nSPS) is 17.9. The SMILES string of the molecule is C[C@H](/C=C/S(C)(=O)=O)NC(=O)c1ccc(N2CCOCC2c2ccc(F)c(F)c2F)cc1F. The number of sulfone groups is 1. The largest absolute Gasteiger partial charge is 0.377 e. The van der Waals surface area contributed by atoms with Crippen LogP contribution in [0.2, 0.25) is 0 Å². The minimum absolute atomic E-state index is 0.0317. The van der Waals surface area contributed by atoms with E-state index in [-0.39, 0.29) is 30.9 Å². The van der Waals surface area contributed by atoms with Crippen LogP contribution in [0.1, 0.15) is 28.9 Å². The second kappa shape index (κ2) is 9.92. The van der Waals surface area contributed by atoms with E-state index < -0.39 is 51.1 Å². The summed E-state index contributed by atoms with van der Waals surface area (Å²) in [5, 5.41) is 3.41. The van der Waals surface area contributed by atoms with E-state index in [9.17, 15) is 30.8 Å². The highest BCUT2D eigenvalue weighted by molar-refractivity contribution is 7.93. The first-order valence-electron chi connectivity index (χ1n) is 9.94. The van der Waals surface area contributed by atoms with Gasteiger partial charge < -0.3 is 15.0 Å². The predicted molar refractivity (Wildman–Crippen MR) is 115 cm³/mol. The number of carbonyl (C=O) groups excluding carboxylic acids is 1. The molecule has 33 heavy (non-hydrogen) atoms. The van der Waals surface area contributed by atoms with E-state index in [1.54, 1.807) is 4.90 Å². The Hall–Kier alpha value is -2.92. The van der Waals surface area contributed by atoms with Gasteiger partial charge in [0.15, 0.2) is 27.3 Å². The molecule has 178 valence electrons. The summed E-state index contributed by atoms with van der Waals surface area (Å²) in [7, 11) is -3.37. The molecule has 1 heterocycles. The second-order valence-electron chi connectivity index (χ2n) is 7.63. The van der Waals surface area contributed by atoms with Crippen molar-refractivity contribution in [2.45, 2.75) is 19.0 Å². The first kappa shape index (κ1) is 24.7. The van der Waals surface area contributed by atoms with Crippen LogP contribution in [-0.2, 0) is 14.6 Å². The molecule has 1 unspecified atom stereocenters. The van der Waals surface area contributed by atoms with Crippen LogP contribution < -0.4 is 10.2 Å². The highest BCUT2D eigenvalue weighted by Gasteiger charge is 2.30. The zero-order valence-corrected chi connectivity index (χ0v) is 18.6. The Bertz CT molecular complexity index is 1190. The molecule has 6 nitrogen and oxygen atoms in total. The molecular weight excluding hydrogens is 464 g/mol. The number of hydrogen-bond acceptors (Lipinski definition) is 5. The van der Waals surface area contributed by atoms with E-state index in [1.165, 1.54) is 25.1 Å². The Balaban J connectivity index is 1.84. The third-order valence-electron chi connectivity index (χ3n) is 5.05. The molecule has 11 heteroatoms. The maximum Gasteiger partial charge on any atom is 0.254 e. The van der Waals surface area contributed by atoms with Crippen LogP contribution in [0.15, 0.2) is 41.8 Å². The second-order valence-corrected chi connectivity index (χ2v) is 9.56. The average Bonchev–Trinajstić information content (AvgIpc) is 2.75. The number of amides is 1. The Morgan fingerprint density at radius 2 is 1.88 bits per heavy atom. The highest BCUT2D eigenvalue weighted by Crippen LogP contribution is 2.33. The van der Waals surface area contributed by atoms with Gasteiger partial charge in [0.1, 0.15) is 5.82 Å². The molecule has 2 aromatic carbocycles. The number of hydrogen-bond donors (Lipinski definition) is 1. The maximum atomic E-state index is 14.8. The Labute approximate surface area is 188 Å². The molecule has 0 aromatic heterocycles. The summed E-state index contributed by atoms with van der Waals surface area (Å²) in [6, 6.07) is 4.19. The van der Waals surface area contributed by atoms with E-state index in [4.69, 9.17) is 4.74 Å². The number of nitrogens with one attached hydrogen (secondary N) is 1. The molecule has 0 aliphatic carbocycles. The third-order valence-corrected chi connectivity index (χ3v) is 5.71. The van der Waals surface area contributed by atoms with E-state index in [1.807, 2.05) is 0 Å². The zero-order chi connectivity index (χ0) is 24.3. The molecule has 0 bridgehead atoms. The van der Waals surface area contributed by atoms with Gasteiger partial charge in [-0.05, 0) is 31.2 Å². The number of nitrogens with zero attached hydrogens (tertiary/aromatic N) is 1. The van der Waals surface area contributed by atoms with Crippen molar-refractivity contribution in [1.29, 1.82) is 0 Å². The molecule has 1 saturated heterocycles. The number of halogens is 4. The van der Waals surface area contributed by atoms with Crippen molar-refractivity contribution in [3.05, 3.63) is 76.2 Å². The Morgan fingerprint density at radius 3 is 2.55 bits per heavy atom. The molecule has 1 aliphatic heterocycles. The molecule has 1 aliphatic rings. The van der Waals surface area contributed by atoms with Crippen molar-refractivity contribution in [3.63, 3.8) is 0 Å². The van der Waals surface area contributed by atoms with Gasteiger partial charge >= 0.3 is 0 Å². The van der Waals surface area contributed by atoms with E-state index >= 15 is 0 Å². The van der Waals surface area contributed by atoms with Crippen LogP contribution in [0.25, 0.3) is 0 Å². The van der Waals surface area contributed by atoms with Crippen LogP contribution >= 0.6 is 0 Å². The third kappa shape index (κ3) is 5.91. The summed E-state index contributed by atoms with van der Waals surface area (Å²) >= 11 is 0. The van der Waals surface area contributed by atoms with Gasteiger partial charge in [-0.2, -0.15) is 0 Å². The van der Waals surface area contributed by atoms with Gasteiger partial charge in [-0.1, -0.05) is 12.1 Å². The lowest BCUT2D eigenvalue weighted by molar-refractivity contribution is 0.0925. The molecule has 0 saturated carbocycles. The first-order valence-corrected chi connectivity index (χ1v) is 11.9. The van der Waals surface area contributed by atoms with Crippen LogP contribution in [0.5, 0.6) is 0 Å². The molecule has 3 rings (SSSR count). The standard InChI is InChI=1S/C22H22F4N2O4S/c1-13(7-10-33(2,30)31)27-22(29)15-4-3-14(11-18(15)24)28-8-9-32-12-19(28)16-5-6-17(23)21(26)20(16)25/h3-7,10-11,13,19H,8-9,12H2,1-2H3,(H,27,29)/b10-7+/t13-,19?/m1/s1. The number of ether oxygens (including phenoxy) is 1. The van der Waals surface area contributed by atoms with Gasteiger partial charge in [-0.3, -0.25) is 4.79 Å². The molecule has 1 N–H and O–H groups in total. The Kier molecular flexibility index (Phi) is 7.43. The predicted octanol–water partition coefficient (Wildman–Crippen LogP) is 3.50. The maximum absolute atomic E-state index is 14.8. The van der Waals surface area contributed by atoms with Gasteiger partial charge in [-0.15, -0.1) is 0 Å². The van der Waals surface area contributed by atoms with Gasteiger partial charge in [0, 0.05) is 35.5 Å². The first-order chi connectivity index (χ1) is 15.5. The number of benzene rings is 2. The molecular formula is C22H22F4N2O4S. The van der Waals surface area contributed by atoms with Crippen LogP contribution in [0.3, 0.4) is 0 Å². The van der Waals surface area contributed by atoms with E-state index in [0.29, 0.717) is 5.69 Å². The quantitative estimate of drug-likeness (QED) is 0.500. The minimum atomic E-state index is -3.37. The molecule has 2 atom stereocenters. The summed E-state index contributed by atoms with van der Waals surface area (Å²) in [6.07, 6.45) is 2.26. The minimum Gasteiger partial charge on any atom is -0.377 e. The van der Waals surface area contributed by atoms with E-state index in [0.717, 1.165) is 29.9 Å². The molecule has 2 aromatic rings. The van der Waals surface area contributed by atoms with Crippen molar-refractivity contribution >= 4 is 21.4 Å². The monoisotopic (exact) mass is 486 g/mol. The lowest BCUT2D eigenvalue weighted by atomic mass is 10.0. The summed E-state index contributed by atoms with van der Waals surface area (Å²) in [5.41, 5.74) is -0.115. The fraction of sp³-hybridized carbons (Fsp3) is 0.318. The van der Waals surface area contributed by atoms with Crippen LogP contribution in [0, 0.1) is 23.3 Å². The number of morpholine rings is 1. The van der Waals surface area contributed by atoms with Crippen LogP contribution in [0.4, 0.5) is 23.2 Å². The van der Waals surface area contributed by atoms with Crippen molar-refractivity contribution in [1.82, 2.24) is 5.32 Å². The fourth-order valence-corrected chi connectivity index (χ4v) is 3.95. The summed E-state index contributed by atoms with van der Waals surface area (Å²) in [6.45, 7) is 1.97. The van der Waals surface area contributed by atoms with E-state index in [2.05, 4.69) is 5.32 Å². The van der Waals surface area contributed by atoms with Crippen molar-refractivity contribution < 1.29 is 35.5 Å². The van der Waals surface area contributed by atoms with Crippen molar-refractivity contribution in [3.8, 4) is 0 Å². The summed E-state index contributed by atoms with van der Waals surface area (Å²) in [5.74, 6) is -5.88. The molecule has 0 spiro atoms. The average molecular weight is 486 g/mol. The fourth-order valence-electron chi connectivity index (χ4n) is 3.43. The number of rotatable bonds is 6. The van der Waals surface area contributed by atoms with Crippen molar-refractivity contribution in [2.24, 2.45) is 0 Å². The molecule has 1 amide bonds. The molecule has 1 fully saturated rings. The van der Waals surface area contributed by atoms with Gasteiger partial charge in [0.25, 0.3) is 5.91 Å². The van der Waals surface area contributed by atoms with Crippen molar-refractivity contribution in [2.75, 3.05) is 30.9 Å². The van der Waals surface area contributed by atoms with Gasteiger partial charge in [0.05, 0.1) is 24.8 Å². The Morgan fingerprint density at radius 1 is 1.15 bits per heavy atom. The molecule has 0 radical (unpaired) electrons. The highest BCUT2D eigenvalue weighted by atomic mass is 32.2. The lowest BCUT2D eigenvalue weighted by Gasteiger charge is -2.38. The summed E-state index contributed by atoms with van der Waals surface area (Å²) < 4.78 is 84.0. The zero-order valence-electron chi connectivity index (χ0n) is 17.8. The number of carbonyl (C=O) groups is 1. The number of anilines is 1. The summed E-state index contributed by atoms with van der Waals surface area (Å²) in [4.78, 5) is 14.0. The van der Waals surface area contributed by atoms with Gasteiger partial charge in [0.2, 0.25) is 0 Å².